The number of aromatic nitrogens is 2. The van der Waals surface area contributed by atoms with E-state index in [0.29, 0.717) is 0 Å². The quantitative estimate of drug-likeness (QED) is 0.849. The molecule has 2 aromatic rings. The molecule has 2 rings (SSSR count). The van der Waals surface area contributed by atoms with Gasteiger partial charge in [-0.05, 0) is 50.6 Å². The molecule has 0 amide bonds. The first-order chi connectivity index (χ1) is 8.13. The minimum Gasteiger partial charge on any atom is -0.314 e. The number of benzene rings is 1. The number of aromatic amines is 1. The largest absolute Gasteiger partial charge is 0.314 e. The molecule has 0 aliphatic rings. The van der Waals surface area contributed by atoms with Gasteiger partial charge in [0.1, 0.15) is 0 Å². The molecule has 0 saturated carbocycles. The van der Waals surface area contributed by atoms with Crippen molar-refractivity contribution < 1.29 is 0 Å². The van der Waals surface area contributed by atoms with Crippen molar-refractivity contribution in [2.24, 2.45) is 0 Å². The highest BCUT2D eigenvalue weighted by atomic mass is 15.1. The van der Waals surface area contributed by atoms with Gasteiger partial charge in [0.05, 0.1) is 5.69 Å². The number of aryl methyl sites for hydroxylation is 1. The van der Waals surface area contributed by atoms with E-state index in [-0.39, 0.29) is 0 Å². The van der Waals surface area contributed by atoms with E-state index in [1.165, 1.54) is 22.3 Å². The van der Waals surface area contributed by atoms with E-state index in [4.69, 9.17) is 0 Å². The zero-order valence-electron chi connectivity index (χ0n) is 10.9. The van der Waals surface area contributed by atoms with Crippen molar-refractivity contribution in [1.29, 1.82) is 0 Å². The number of nitrogens with one attached hydrogen (secondary N) is 2. The van der Waals surface area contributed by atoms with Crippen molar-refractivity contribution in [2.45, 2.75) is 27.3 Å². The fourth-order valence-electron chi connectivity index (χ4n) is 2.01. The summed E-state index contributed by atoms with van der Waals surface area (Å²) in [5.41, 5.74) is 7.34. The first-order valence-corrected chi connectivity index (χ1v) is 5.89. The topological polar surface area (TPSA) is 40.7 Å². The lowest BCUT2D eigenvalue weighted by Gasteiger charge is -2.08. The number of rotatable bonds is 3. The van der Waals surface area contributed by atoms with Crippen LogP contribution in [0.1, 0.15) is 22.4 Å². The van der Waals surface area contributed by atoms with E-state index in [9.17, 15) is 0 Å². The summed E-state index contributed by atoms with van der Waals surface area (Å²) in [5.74, 6) is 0. The Bertz CT molecular complexity index is 526. The first kappa shape index (κ1) is 11.9. The lowest BCUT2D eigenvalue weighted by Crippen LogP contribution is -2.04. The SMILES string of the molecule is CNCc1cc(-c2ccc(C)c(C)c2C)n[nH]1. The molecule has 1 aromatic heterocycles. The molecule has 3 nitrogen and oxygen atoms in total. The van der Waals surface area contributed by atoms with Crippen LogP contribution in [0, 0.1) is 20.8 Å². The lowest BCUT2D eigenvalue weighted by atomic mass is 9.97. The first-order valence-electron chi connectivity index (χ1n) is 5.89. The Morgan fingerprint density at radius 3 is 2.65 bits per heavy atom. The van der Waals surface area contributed by atoms with Crippen LogP contribution < -0.4 is 5.32 Å². The van der Waals surface area contributed by atoms with Crippen LogP contribution in [0.2, 0.25) is 0 Å². The molecule has 90 valence electrons. The third-order valence-corrected chi connectivity index (χ3v) is 3.33. The van der Waals surface area contributed by atoms with Gasteiger partial charge < -0.3 is 5.32 Å². The maximum Gasteiger partial charge on any atom is 0.0926 e. The Hall–Kier alpha value is -1.61. The van der Waals surface area contributed by atoms with Crippen LogP contribution in [0.4, 0.5) is 0 Å². The summed E-state index contributed by atoms with van der Waals surface area (Å²) in [6.45, 7) is 7.28. The fourth-order valence-corrected chi connectivity index (χ4v) is 2.01. The van der Waals surface area contributed by atoms with Crippen molar-refractivity contribution in [2.75, 3.05) is 7.05 Å². The van der Waals surface area contributed by atoms with Crippen molar-refractivity contribution in [3.63, 3.8) is 0 Å². The van der Waals surface area contributed by atoms with Gasteiger partial charge in [-0.25, -0.2) is 0 Å². The molecule has 0 unspecified atom stereocenters. The van der Waals surface area contributed by atoms with Gasteiger partial charge in [0.2, 0.25) is 0 Å². The summed E-state index contributed by atoms with van der Waals surface area (Å²) < 4.78 is 0. The Balaban J connectivity index is 2.42. The molecule has 2 N–H and O–H groups in total. The number of H-pyrrole nitrogens is 1. The second-order valence-corrected chi connectivity index (χ2v) is 4.49. The Morgan fingerprint density at radius 2 is 1.94 bits per heavy atom. The van der Waals surface area contributed by atoms with Crippen LogP contribution >= 0.6 is 0 Å². The van der Waals surface area contributed by atoms with Crippen molar-refractivity contribution in [3.8, 4) is 11.3 Å². The van der Waals surface area contributed by atoms with Crippen LogP contribution in [-0.2, 0) is 6.54 Å². The maximum absolute atomic E-state index is 4.37. The van der Waals surface area contributed by atoms with Gasteiger partial charge in [0, 0.05) is 17.8 Å². The molecule has 0 fully saturated rings. The Kier molecular flexibility index (Phi) is 3.29. The third-order valence-electron chi connectivity index (χ3n) is 3.33. The molecule has 0 atom stereocenters. The molecule has 0 radical (unpaired) electrons. The lowest BCUT2D eigenvalue weighted by molar-refractivity contribution is 0.784. The average Bonchev–Trinajstić information content (AvgIpc) is 2.75. The van der Waals surface area contributed by atoms with E-state index in [1.54, 1.807) is 0 Å². The summed E-state index contributed by atoms with van der Waals surface area (Å²) in [5, 5.41) is 10.5. The van der Waals surface area contributed by atoms with Crippen molar-refractivity contribution >= 4 is 0 Å². The van der Waals surface area contributed by atoms with Crippen molar-refractivity contribution in [3.05, 3.63) is 40.6 Å². The summed E-state index contributed by atoms with van der Waals surface area (Å²) in [4.78, 5) is 0. The maximum atomic E-state index is 4.37. The molecule has 0 spiro atoms. The van der Waals surface area contributed by atoms with Crippen LogP contribution in [0.15, 0.2) is 18.2 Å². The zero-order chi connectivity index (χ0) is 12.4. The number of hydrogen-bond donors (Lipinski definition) is 2. The minimum atomic E-state index is 0.816. The molecule has 17 heavy (non-hydrogen) atoms. The van der Waals surface area contributed by atoms with Crippen LogP contribution in [0.3, 0.4) is 0 Å². The van der Waals surface area contributed by atoms with Crippen molar-refractivity contribution in [1.82, 2.24) is 15.5 Å². The Morgan fingerprint density at radius 1 is 1.18 bits per heavy atom. The highest BCUT2D eigenvalue weighted by Gasteiger charge is 2.09. The standard InChI is InChI=1S/C14H19N3/c1-9-5-6-13(11(3)10(9)2)14-7-12(8-15-4)16-17-14/h5-7,15H,8H2,1-4H3,(H,16,17). The molecule has 0 aliphatic heterocycles. The van der Waals surface area contributed by atoms with Gasteiger partial charge in [-0.2, -0.15) is 5.10 Å². The third kappa shape index (κ3) is 2.24. The molecule has 0 saturated heterocycles. The molecule has 0 bridgehead atoms. The van der Waals surface area contributed by atoms with Crippen LogP contribution in [0.25, 0.3) is 11.3 Å². The van der Waals surface area contributed by atoms with Gasteiger partial charge in [-0.3, -0.25) is 5.10 Å². The number of hydrogen-bond acceptors (Lipinski definition) is 2. The van der Waals surface area contributed by atoms with Gasteiger partial charge in [0.15, 0.2) is 0 Å². The highest BCUT2D eigenvalue weighted by Crippen LogP contribution is 2.26. The predicted octanol–water partition coefficient (Wildman–Crippen LogP) is 2.72. The molecule has 3 heteroatoms. The molecule has 1 aromatic carbocycles. The van der Waals surface area contributed by atoms with Gasteiger partial charge in [0.25, 0.3) is 0 Å². The monoisotopic (exact) mass is 229 g/mol. The van der Waals surface area contributed by atoms with E-state index >= 15 is 0 Å². The van der Waals surface area contributed by atoms with Gasteiger partial charge >= 0.3 is 0 Å². The summed E-state index contributed by atoms with van der Waals surface area (Å²) in [6.07, 6.45) is 0. The van der Waals surface area contributed by atoms with Gasteiger partial charge in [-0.1, -0.05) is 12.1 Å². The highest BCUT2D eigenvalue weighted by molar-refractivity contribution is 5.66. The minimum absolute atomic E-state index is 0.816. The molecular weight excluding hydrogens is 210 g/mol. The second-order valence-electron chi connectivity index (χ2n) is 4.49. The fraction of sp³-hybridized carbons (Fsp3) is 0.357. The average molecular weight is 229 g/mol. The normalized spacial score (nSPS) is 10.8. The molecule has 1 heterocycles. The molecular formula is C14H19N3. The summed E-state index contributed by atoms with van der Waals surface area (Å²) in [7, 11) is 1.93. The molecule has 0 aliphatic carbocycles. The van der Waals surface area contributed by atoms with E-state index in [1.807, 2.05) is 7.05 Å². The van der Waals surface area contributed by atoms with E-state index in [0.717, 1.165) is 17.9 Å². The van der Waals surface area contributed by atoms with E-state index < -0.39 is 0 Å². The van der Waals surface area contributed by atoms with Crippen LogP contribution in [-0.4, -0.2) is 17.2 Å². The zero-order valence-corrected chi connectivity index (χ0v) is 10.9. The summed E-state index contributed by atoms with van der Waals surface area (Å²) in [6, 6.07) is 6.41. The van der Waals surface area contributed by atoms with Crippen LogP contribution in [0.5, 0.6) is 0 Å². The Labute approximate surface area is 102 Å². The van der Waals surface area contributed by atoms with E-state index in [2.05, 4.69) is 54.5 Å². The smallest absolute Gasteiger partial charge is 0.0926 e. The van der Waals surface area contributed by atoms with Gasteiger partial charge in [-0.15, -0.1) is 0 Å². The summed E-state index contributed by atoms with van der Waals surface area (Å²) >= 11 is 0. The number of nitrogens with zero attached hydrogens (tertiary/aromatic N) is 1. The predicted molar refractivity (Wildman–Crippen MR) is 71.0 cm³/mol. The second kappa shape index (κ2) is 4.72.